The fraction of sp³-hybridized carbons (Fsp3) is 0.267. The van der Waals surface area contributed by atoms with Gasteiger partial charge in [-0.25, -0.2) is 0 Å². The summed E-state index contributed by atoms with van der Waals surface area (Å²) in [6, 6.07) is 9.87. The van der Waals surface area contributed by atoms with Crippen LogP contribution in [0.2, 0.25) is 0 Å². The van der Waals surface area contributed by atoms with Crippen molar-refractivity contribution in [2.75, 3.05) is 12.4 Å². The number of nitriles is 1. The van der Waals surface area contributed by atoms with Gasteiger partial charge in [0.25, 0.3) is 0 Å². The first-order valence-electron chi connectivity index (χ1n) is 6.04. The van der Waals surface area contributed by atoms with Crippen LogP contribution in [0.15, 0.2) is 29.6 Å². The van der Waals surface area contributed by atoms with Crippen LogP contribution >= 0.6 is 11.3 Å². The van der Waals surface area contributed by atoms with E-state index in [1.807, 2.05) is 6.07 Å². The smallest absolute Gasteiger partial charge is 0.143 e. The minimum atomic E-state index is 0.210. The average Bonchev–Trinajstić information content (AvgIpc) is 2.85. The maximum absolute atomic E-state index is 8.89. The number of benzene rings is 1. The van der Waals surface area contributed by atoms with E-state index in [0.717, 1.165) is 5.69 Å². The molecule has 0 saturated carbocycles. The van der Waals surface area contributed by atoms with Gasteiger partial charge in [0.2, 0.25) is 0 Å². The SMILES string of the molecule is COc1cc(C#N)ccc1NC(C)c1sccc1C. The fourth-order valence-electron chi connectivity index (χ4n) is 2.01. The van der Waals surface area contributed by atoms with Crippen LogP contribution in [0, 0.1) is 18.3 Å². The Morgan fingerprint density at radius 2 is 2.16 bits per heavy atom. The molecule has 3 nitrogen and oxygen atoms in total. The highest BCUT2D eigenvalue weighted by molar-refractivity contribution is 7.10. The summed E-state index contributed by atoms with van der Waals surface area (Å²) >= 11 is 1.74. The fourth-order valence-corrected chi connectivity index (χ4v) is 2.94. The Kier molecular flexibility index (Phi) is 4.08. The lowest BCUT2D eigenvalue weighted by Crippen LogP contribution is -2.07. The van der Waals surface area contributed by atoms with Crippen LogP contribution in [-0.4, -0.2) is 7.11 Å². The summed E-state index contributed by atoms with van der Waals surface area (Å²) in [5.41, 5.74) is 2.79. The Labute approximate surface area is 117 Å². The molecule has 0 bridgehead atoms. The van der Waals surface area contributed by atoms with Gasteiger partial charge in [0.15, 0.2) is 0 Å². The summed E-state index contributed by atoms with van der Waals surface area (Å²) < 4.78 is 5.33. The Morgan fingerprint density at radius 3 is 2.74 bits per heavy atom. The van der Waals surface area contributed by atoms with E-state index in [0.29, 0.717) is 11.3 Å². The number of rotatable bonds is 4. The molecule has 0 aliphatic rings. The number of hydrogen-bond donors (Lipinski definition) is 1. The highest BCUT2D eigenvalue weighted by Gasteiger charge is 2.12. The molecule has 1 aromatic heterocycles. The number of hydrogen-bond acceptors (Lipinski definition) is 4. The van der Waals surface area contributed by atoms with Crippen molar-refractivity contribution < 1.29 is 4.74 Å². The molecule has 1 N–H and O–H groups in total. The molecule has 0 fully saturated rings. The highest BCUT2D eigenvalue weighted by atomic mass is 32.1. The first-order chi connectivity index (χ1) is 9.15. The largest absolute Gasteiger partial charge is 0.495 e. The van der Waals surface area contributed by atoms with Crippen molar-refractivity contribution in [3.8, 4) is 11.8 Å². The predicted molar refractivity (Wildman–Crippen MR) is 78.8 cm³/mol. The van der Waals surface area contributed by atoms with Crippen molar-refractivity contribution >= 4 is 17.0 Å². The number of methoxy groups -OCH3 is 1. The maximum Gasteiger partial charge on any atom is 0.143 e. The zero-order chi connectivity index (χ0) is 13.8. The molecule has 1 aromatic carbocycles. The van der Waals surface area contributed by atoms with Crippen molar-refractivity contribution in [3.05, 3.63) is 45.6 Å². The van der Waals surface area contributed by atoms with Gasteiger partial charge in [-0.2, -0.15) is 5.26 Å². The normalized spacial score (nSPS) is 11.7. The van der Waals surface area contributed by atoms with E-state index in [-0.39, 0.29) is 6.04 Å². The molecule has 0 aliphatic heterocycles. The second kappa shape index (κ2) is 5.77. The molecule has 1 atom stereocenters. The molecule has 1 unspecified atom stereocenters. The zero-order valence-corrected chi connectivity index (χ0v) is 12.0. The predicted octanol–water partition coefficient (Wildman–Crippen LogP) is 4.11. The van der Waals surface area contributed by atoms with E-state index in [9.17, 15) is 0 Å². The van der Waals surface area contributed by atoms with Gasteiger partial charge >= 0.3 is 0 Å². The molecule has 0 aliphatic carbocycles. The summed E-state index contributed by atoms with van der Waals surface area (Å²) in [7, 11) is 1.61. The van der Waals surface area contributed by atoms with Crippen molar-refractivity contribution in [1.82, 2.24) is 0 Å². The van der Waals surface area contributed by atoms with Crippen LogP contribution < -0.4 is 10.1 Å². The third-order valence-corrected chi connectivity index (χ3v) is 4.20. The van der Waals surface area contributed by atoms with Crippen molar-refractivity contribution in [2.45, 2.75) is 19.9 Å². The quantitative estimate of drug-likeness (QED) is 0.911. The second-order valence-electron chi connectivity index (χ2n) is 4.36. The van der Waals surface area contributed by atoms with E-state index >= 15 is 0 Å². The van der Waals surface area contributed by atoms with Crippen molar-refractivity contribution in [3.63, 3.8) is 0 Å². The molecule has 0 radical (unpaired) electrons. The van der Waals surface area contributed by atoms with E-state index < -0.39 is 0 Å². The molecule has 0 amide bonds. The van der Waals surface area contributed by atoms with Gasteiger partial charge in [0, 0.05) is 10.9 Å². The number of aryl methyl sites for hydroxylation is 1. The first kappa shape index (κ1) is 13.4. The van der Waals surface area contributed by atoms with Crippen LogP contribution in [0.3, 0.4) is 0 Å². The van der Waals surface area contributed by atoms with Gasteiger partial charge in [0.1, 0.15) is 5.75 Å². The molecule has 0 saturated heterocycles. The molecular formula is C15H16N2OS. The summed E-state index contributed by atoms with van der Waals surface area (Å²) in [6.45, 7) is 4.23. The lowest BCUT2D eigenvalue weighted by atomic mass is 10.1. The molecule has 1 heterocycles. The number of anilines is 1. The standard InChI is InChI=1S/C15H16N2OS/c1-10-6-7-19-15(10)11(2)17-13-5-4-12(9-16)8-14(13)18-3/h4-8,11,17H,1-3H3. The van der Waals surface area contributed by atoms with Crippen LogP contribution in [0.5, 0.6) is 5.75 Å². The second-order valence-corrected chi connectivity index (χ2v) is 5.31. The van der Waals surface area contributed by atoms with Gasteiger partial charge in [-0.3, -0.25) is 0 Å². The van der Waals surface area contributed by atoms with Crippen LogP contribution in [0.25, 0.3) is 0 Å². The molecule has 98 valence electrons. The lowest BCUT2D eigenvalue weighted by molar-refractivity contribution is 0.416. The summed E-state index contributed by atoms with van der Waals surface area (Å²) in [5.74, 6) is 0.695. The van der Waals surface area contributed by atoms with Crippen molar-refractivity contribution in [1.29, 1.82) is 5.26 Å². The summed E-state index contributed by atoms with van der Waals surface area (Å²) in [5, 5.41) is 14.4. The minimum absolute atomic E-state index is 0.210. The van der Waals surface area contributed by atoms with Crippen LogP contribution in [0.1, 0.15) is 29.0 Å². The number of thiophene rings is 1. The van der Waals surface area contributed by atoms with Gasteiger partial charge in [-0.05, 0) is 43.0 Å². The van der Waals surface area contributed by atoms with Crippen LogP contribution in [-0.2, 0) is 0 Å². The van der Waals surface area contributed by atoms with E-state index in [1.165, 1.54) is 10.4 Å². The number of ether oxygens (including phenoxy) is 1. The van der Waals surface area contributed by atoms with Crippen LogP contribution in [0.4, 0.5) is 5.69 Å². The van der Waals surface area contributed by atoms with Gasteiger partial charge < -0.3 is 10.1 Å². The topological polar surface area (TPSA) is 45.0 Å². The molecule has 0 spiro atoms. The number of nitrogens with zero attached hydrogens (tertiary/aromatic N) is 1. The van der Waals surface area contributed by atoms with E-state index in [1.54, 1.807) is 30.6 Å². The molecule has 19 heavy (non-hydrogen) atoms. The third kappa shape index (κ3) is 2.88. The Balaban J connectivity index is 2.24. The van der Waals surface area contributed by atoms with Gasteiger partial charge in [0.05, 0.1) is 30.5 Å². The highest BCUT2D eigenvalue weighted by Crippen LogP contribution is 2.31. The van der Waals surface area contributed by atoms with Gasteiger partial charge in [-0.1, -0.05) is 0 Å². The first-order valence-corrected chi connectivity index (χ1v) is 6.92. The average molecular weight is 272 g/mol. The van der Waals surface area contributed by atoms with E-state index in [2.05, 4.69) is 36.7 Å². The molecular weight excluding hydrogens is 256 g/mol. The summed E-state index contributed by atoms with van der Waals surface area (Å²) in [4.78, 5) is 1.31. The summed E-state index contributed by atoms with van der Waals surface area (Å²) in [6.07, 6.45) is 0. The monoisotopic (exact) mass is 272 g/mol. The van der Waals surface area contributed by atoms with Gasteiger partial charge in [-0.15, -0.1) is 11.3 Å². The third-order valence-electron chi connectivity index (χ3n) is 3.00. The Morgan fingerprint density at radius 1 is 1.37 bits per heavy atom. The molecule has 2 rings (SSSR count). The number of nitrogens with one attached hydrogen (secondary N) is 1. The maximum atomic E-state index is 8.89. The Hall–Kier alpha value is -1.99. The zero-order valence-electron chi connectivity index (χ0n) is 11.2. The lowest BCUT2D eigenvalue weighted by Gasteiger charge is -2.17. The Bertz CT molecular complexity index is 613. The minimum Gasteiger partial charge on any atom is -0.495 e. The molecule has 4 heteroatoms. The van der Waals surface area contributed by atoms with E-state index in [4.69, 9.17) is 10.00 Å². The van der Waals surface area contributed by atoms with Crippen molar-refractivity contribution in [2.24, 2.45) is 0 Å². The molecule has 2 aromatic rings.